The van der Waals surface area contributed by atoms with Crippen molar-refractivity contribution in [3.05, 3.63) is 88.1 Å². The van der Waals surface area contributed by atoms with E-state index in [-0.39, 0.29) is 5.97 Å². The summed E-state index contributed by atoms with van der Waals surface area (Å²) in [7, 11) is -11.2. The first-order valence-corrected chi connectivity index (χ1v) is 14.2. The zero-order chi connectivity index (χ0) is 30.8. The van der Waals surface area contributed by atoms with Crippen LogP contribution in [0, 0.1) is 0 Å². The van der Waals surface area contributed by atoms with Gasteiger partial charge in [-0.15, -0.1) is 0 Å². The van der Waals surface area contributed by atoms with Crippen molar-refractivity contribution in [2.45, 2.75) is 37.5 Å². The fourth-order valence-electron chi connectivity index (χ4n) is 3.21. The highest BCUT2D eigenvalue weighted by Gasteiger charge is 2.46. The smallest absolute Gasteiger partial charge is 0.462 e. The van der Waals surface area contributed by atoms with Gasteiger partial charge in [-0.2, -0.15) is 26.3 Å². The first-order valence-electron chi connectivity index (χ1n) is 11.3. The van der Waals surface area contributed by atoms with E-state index < -0.39 is 31.1 Å². The minimum Gasteiger partial charge on any atom is -0.462 e. The quantitative estimate of drug-likeness (QED) is 0.110. The second kappa shape index (κ2) is 14.1. The minimum atomic E-state index is -6.72. The number of rotatable bonds is 11. The fraction of sp³-hybridized carbons (Fsp3) is 0.375. The Kier molecular flexibility index (Phi) is 12.4. The van der Waals surface area contributed by atoms with E-state index >= 15 is 0 Å². The highest BCUT2D eigenvalue weighted by Crippen LogP contribution is 2.36. The number of halogens is 6. The van der Waals surface area contributed by atoms with E-state index in [0.717, 1.165) is 34.7 Å². The number of esters is 1. The third-order valence-electron chi connectivity index (χ3n) is 5.02. The highest BCUT2D eigenvalue weighted by atomic mass is 32.3. The number of nitrogens with zero attached hydrogens (tertiary/aromatic N) is 2. The Morgan fingerprint density at radius 1 is 0.825 bits per heavy atom. The first-order chi connectivity index (χ1) is 18.2. The Hall–Kier alpha value is -2.95. The zero-order valence-corrected chi connectivity index (χ0v) is 23.1. The van der Waals surface area contributed by atoms with Crippen LogP contribution >= 0.6 is 0 Å². The summed E-state index contributed by atoms with van der Waals surface area (Å²) in [5.41, 5.74) is -9.32. The normalized spacial score (nSPS) is 12.7. The predicted molar refractivity (Wildman–Crippen MR) is 135 cm³/mol. The number of carbonyl (C=O) groups is 1. The van der Waals surface area contributed by atoms with Crippen LogP contribution in [0.25, 0.3) is 4.13 Å². The van der Waals surface area contributed by atoms with E-state index in [1.807, 2.05) is 12.1 Å². The molecule has 8 nitrogen and oxygen atoms in total. The van der Waals surface area contributed by atoms with Crippen molar-refractivity contribution in [3.63, 3.8) is 0 Å². The molecule has 0 aromatic heterocycles. The fourth-order valence-corrected chi connectivity index (χ4v) is 4.92. The van der Waals surface area contributed by atoms with E-state index in [1.165, 1.54) is 11.1 Å². The van der Waals surface area contributed by atoms with Crippen molar-refractivity contribution < 1.29 is 57.2 Å². The van der Waals surface area contributed by atoms with Crippen LogP contribution in [-0.4, -0.2) is 58.5 Å². The monoisotopic (exact) mass is 618 g/mol. The Morgan fingerprint density at radius 2 is 1.20 bits per heavy atom. The van der Waals surface area contributed by atoms with Crippen LogP contribution in [0.3, 0.4) is 0 Å². The number of alkyl halides is 6. The molecular formula is C24H28F6N2O6S2. The molecule has 0 aliphatic heterocycles. The zero-order valence-electron chi connectivity index (χ0n) is 21.4. The number of hydrogen-bond donors (Lipinski definition) is 0. The van der Waals surface area contributed by atoms with Crippen LogP contribution in [0.5, 0.6) is 0 Å². The van der Waals surface area contributed by atoms with Crippen molar-refractivity contribution in [2.75, 3.05) is 20.2 Å². The summed E-state index contributed by atoms with van der Waals surface area (Å²) in [4.78, 5) is 11.5. The van der Waals surface area contributed by atoms with Gasteiger partial charge in [0.05, 0.1) is 20.2 Å². The van der Waals surface area contributed by atoms with Gasteiger partial charge in [0.2, 0.25) is 0 Å². The van der Waals surface area contributed by atoms with Gasteiger partial charge in [-0.3, -0.25) is 0 Å². The summed E-state index contributed by atoms with van der Waals surface area (Å²) in [6.45, 7) is 8.56. The molecule has 0 atom stereocenters. The molecule has 16 heteroatoms. The highest BCUT2D eigenvalue weighted by molar-refractivity contribution is 8.13. The van der Waals surface area contributed by atoms with Crippen molar-refractivity contribution in [1.29, 1.82) is 0 Å². The van der Waals surface area contributed by atoms with E-state index in [0.29, 0.717) is 12.2 Å². The molecule has 0 heterocycles. The third-order valence-corrected chi connectivity index (χ3v) is 7.76. The number of quaternary nitrogens is 1. The van der Waals surface area contributed by atoms with E-state index in [9.17, 15) is 48.0 Å². The molecule has 2 aromatic rings. The minimum absolute atomic E-state index is 0.305. The maximum Gasteiger partial charge on any atom is 0.480 e. The molecule has 0 aliphatic rings. The molecule has 0 radical (unpaired) electrons. The van der Waals surface area contributed by atoms with Crippen LogP contribution in [0.1, 0.15) is 24.5 Å². The van der Waals surface area contributed by atoms with Crippen molar-refractivity contribution >= 4 is 26.0 Å². The molecule has 2 rings (SSSR count). The largest absolute Gasteiger partial charge is 0.480 e. The number of benzene rings is 2. The maximum absolute atomic E-state index is 11.5. The average molecular weight is 619 g/mol. The second-order valence-corrected chi connectivity index (χ2v) is 12.2. The van der Waals surface area contributed by atoms with Crippen molar-refractivity contribution in [1.82, 2.24) is 0 Å². The Bertz CT molecular complexity index is 1250. The SMILES string of the molecule is C=C(C)C(=O)OCCC[N+](C)(Cc1ccccc1)Cc1ccccc1.O=S(=O)([N-]S(=O)(=O)C(F)(F)F)C(F)(F)F. The van der Waals surface area contributed by atoms with Crippen molar-refractivity contribution in [2.24, 2.45) is 0 Å². The summed E-state index contributed by atoms with van der Waals surface area (Å²) >= 11 is 0. The molecule has 2 aromatic carbocycles. The number of ether oxygens (including phenoxy) is 1. The lowest BCUT2D eigenvalue weighted by Crippen LogP contribution is -2.43. The number of carbonyl (C=O) groups excluding carboxylic acids is 1. The van der Waals surface area contributed by atoms with Gasteiger partial charge in [-0.05, 0) is 6.92 Å². The molecule has 0 spiro atoms. The molecule has 0 saturated heterocycles. The van der Waals surface area contributed by atoms with Crippen LogP contribution in [0.2, 0.25) is 0 Å². The molecule has 0 bridgehead atoms. The van der Waals surface area contributed by atoms with Crippen LogP contribution in [0.4, 0.5) is 26.3 Å². The third kappa shape index (κ3) is 11.7. The molecule has 40 heavy (non-hydrogen) atoms. The molecule has 0 aliphatic carbocycles. The summed E-state index contributed by atoms with van der Waals surface area (Å²) in [6, 6.07) is 21.1. The lowest BCUT2D eigenvalue weighted by atomic mass is 10.1. The van der Waals surface area contributed by atoms with Crippen LogP contribution in [0.15, 0.2) is 72.8 Å². The molecule has 224 valence electrons. The lowest BCUT2D eigenvalue weighted by Gasteiger charge is -2.35. The lowest BCUT2D eigenvalue weighted by molar-refractivity contribution is -0.935. The second-order valence-electron chi connectivity index (χ2n) is 8.82. The topological polar surface area (TPSA) is 109 Å². The van der Waals surface area contributed by atoms with Gasteiger partial charge in [0.15, 0.2) is 20.0 Å². The average Bonchev–Trinajstić information content (AvgIpc) is 2.81. The Balaban J connectivity index is 0.000000459. The maximum atomic E-state index is 11.5. The number of hydrogen-bond acceptors (Lipinski definition) is 6. The molecule has 0 saturated carbocycles. The molecule has 0 amide bonds. The summed E-state index contributed by atoms with van der Waals surface area (Å²) in [5.74, 6) is -0.305. The van der Waals surface area contributed by atoms with Gasteiger partial charge < -0.3 is 13.3 Å². The van der Waals surface area contributed by atoms with Crippen LogP contribution in [-0.2, 0) is 42.7 Å². The van der Waals surface area contributed by atoms with Gasteiger partial charge >= 0.3 is 17.0 Å². The van der Waals surface area contributed by atoms with Crippen molar-refractivity contribution in [3.8, 4) is 0 Å². The Morgan fingerprint density at radius 3 is 1.52 bits per heavy atom. The number of sulfonamides is 2. The molecule has 0 unspecified atom stereocenters. The van der Waals surface area contributed by atoms with Gasteiger partial charge in [0.1, 0.15) is 13.1 Å². The van der Waals surface area contributed by atoms with Gasteiger partial charge in [-0.25, -0.2) is 21.6 Å². The van der Waals surface area contributed by atoms with Gasteiger partial charge in [0.25, 0.3) is 0 Å². The summed E-state index contributed by atoms with van der Waals surface area (Å²) in [5, 5.41) is 0. The van der Waals surface area contributed by atoms with Gasteiger partial charge in [0, 0.05) is 23.1 Å². The molecular weight excluding hydrogens is 590 g/mol. The summed E-state index contributed by atoms with van der Waals surface area (Å²) in [6.07, 6.45) is 0.829. The summed E-state index contributed by atoms with van der Waals surface area (Å²) < 4.78 is 115. The Labute approximate surface area is 228 Å². The molecule has 0 fully saturated rings. The van der Waals surface area contributed by atoms with E-state index in [2.05, 4.69) is 62.2 Å². The van der Waals surface area contributed by atoms with E-state index in [1.54, 1.807) is 6.92 Å². The van der Waals surface area contributed by atoms with Gasteiger partial charge in [-0.1, -0.05) is 67.2 Å². The van der Waals surface area contributed by atoms with E-state index in [4.69, 9.17) is 4.74 Å². The first kappa shape index (κ1) is 35.1. The van der Waals surface area contributed by atoms with Crippen LogP contribution < -0.4 is 0 Å². The molecule has 0 N–H and O–H groups in total. The standard InChI is InChI=1S/C22H28NO2.C2F6NO4S2/c1-19(2)22(24)25-16-10-15-23(3,17-20-11-6-4-7-12-20)18-21-13-8-5-9-14-21;3-1(4,5)14(10,11)9-15(12,13)2(6,7)8/h4-9,11-14H,1,10,15-18H2,2-3H3;/q+1;-1. The predicted octanol–water partition coefficient (Wildman–Crippen LogP) is 5.40.